The Morgan fingerprint density at radius 3 is 3.02 bits per heavy atom. The number of nitrogens with one attached hydrogen (secondary N) is 4. The number of anilines is 4. The molecule has 3 aliphatic rings. The third-order valence-electron chi connectivity index (χ3n) is 6.74. The number of nitrogens with zero attached hydrogens (tertiary/aromatic N) is 5. The summed E-state index contributed by atoms with van der Waals surface area (Å²) in [6.07, 6.45) is 11.5. The minimum absolute atomic E-state index is 0.169. The van der Waals surface area contributed by atoms with Gasteiger partial charge in [0.1, 0.15) is 23.7 Å². The molecule has 1 unspecified atom stereocenters. The molecule has 2 aromatic heterocycles. The summed E-state index contributed by atoms with van der Waals surface area (Å²) in [7, 11) is 3.85. The van der Waals surface area contributed by atoms with Gasteiger partial charge in [0, 0.05) is 44.5 Å². The monoisotopic (exact) mass is 583 g/mol. The Hall–Kier alpha value is -4.01. The molecule has 4 N–H and O–H groups in total. The molecular weight excluding hydrogens is 549 g/mol. The van der Waals surface area contributed by atoms with Crippen molar-refractivity contribution in [2.45, 2.75) is 12.1 Å². The van der Waals surface area contributed by atoms with Gasteiger partial charge in [-0.05, 0) is 32.4 Å². The molecule has 0 bridgehead atoms. The smallest absolute Gasteiger partial charge is 0.247 e. The number of carbonyl (C=O) groups is 2. The fourth-order valence-corrected chi connectivity index (χ4v) is 5.51. The SMILES string of the molecule is CN(C)C/C=C/C(=O)N1CCOC[C@H]1C(=O)NCCN1CNc2cnc(Nc3ncc(C4NC=CC=C4F)s3)cc21. The Kier molecular flexibility index (Phi) is 9.11. The fourth-order valence-electron chi connectivity index (χ4n) is 4.63. The predicted octanol–water partition coefficient (Wildman–Crippen LogP) is 1.94. The van der Waals surface area contributed by atoms with Gasteiger partial charge in [-0.2, -0.15) is 0 Å². The number of hydrogen-bond acceptors (Lipinski definition) is 11. The maximum Gasteiger partial charge on any atom is 0.247 e. The Bertz CT molecular complexity index is 1350. The Balaban J connectivity index is 1.15. The van der Waals surface area contributed by atoms with Crippen LogP contribution in [0.25, 0.3) is 0 Å². The number of allylic oxidation sites excluding steroid dienone is 2. The normalized spacial score (nSPS) is 20.0. The lowest BCUT2D eigenvalue weighted by atomic mass is 10.2. The van der Waals surface area contributed by atoms with Crippen molar-refractivity contribution in [2.24, 2.45) is 0 Å². The number of likely N-dealkylation sites (N-methyl/N-ethyl adjacent to an activating group) is 1. The lowest BCUT2D eigenvalue weighted by Crippen LogP contribution is -2.56. The number of dihydropyridines is 1. The van der Waals surface area contributed by atoms with Gasteiger partial charge in [0.15, 0.2) is 5.13 Å². The van der Waals surface area contributed by atoms with Crippen molar-refractivity contribution < 1.29 is 18.7 Å². The zero-order valence-corrected chi connectivity index (χ0v) is 23.8. The topological polar surface area (TPSA) is 127 Å². The molecule has 218 valence electrons. The van der Waals surface area contributed by atoms with Crippen molar-refractivity contribution in [1.82, 2.24) is 30.4 Å². The lowest BCUT2D eigenvalue weighted by Gasteiger charge is -2.34. The number of pyridine rings is 1. The molecule has 2 amide bonds. The molecule has 0 aromatic carbocycles. The van der Waals surface area contributed by atoms with E-state index >= 15 is 0 Å². The first-order valence-corrected chi connectivity index (χ1v) is 14.2. The van der Waals surface area contributed by atoms with Gasteiger partial charge in [-0.1, -0.05) is 17.4 Å². The maximum atomic E-state index is 14.2. The van der Waals surface area contributed by atoms with Crippen LogP contribution in [0.4, 0.5) is 26.7 Å². The number of ether oxygens (including phenoxy) is 1. The second-order valence-corrected chi connectivity index (χ2v) is 11.0. The van der Waals surface area contributed by atoms with Gasteiger partial charge >= 0.3 is 0 Å². The number of aromatic nitrogens is 2. The average Bonchev–Trinajstić information content (AvgIpc) is 3.60. The molecule has 0 aliphatic carbocycles. The summed E-state index contributed by atoms with van der Waals surface area (Å²) in [5.74, 6) is -0.0938. The van der Waals surface area contributed by atoms with Crippen LogP contribution >= 0.6 is 11.3 Å². The van der Waals surface area contributed by atoms with Crippen LogP contribution in [0.5, 0.6) is 0 Å². The standard InChI is InChI=1S/C27H34FN9O3S/c1-35(2)9-4-6-24(38)37-11-12-40-16-21(37)26(39)30-8-10-36-17-33-19-14-31-23(13-20(19)36)34-27-32-15-22(41-27)25-18(28)5-3-7-29-25/h3-7,13-15,21,25,29,33H,8-12,16-17H2,1-2H3,(H,30,39)(H,31,32,34)/b6-4+/t21-,25?/m0/s1. The van der Waals surface area contributed by atoms with Gasteiger partial charge in [0.25, 0.3) is 0 Å². The summed E-state index contributed by atoms with van der Waals surface area (Å²) in [5, 5.41) is 13.1. The van der Waals surface area contributed by atoms with Gasteiger partial charge < -0.3 is 40.7 Å². The highest BCUT2D eigenvalue weighted by Gasteiger charge is 2.32. The van der Waals surface area contributed by atoms with E-state index < -0.39 is 12.1 Å². The minimum Gasteiger partial charge on any atom is -0.377 e. The number of amides is 2. The van der Waals surface area contributed by atoms with Crippen LogP contribution in [-0.4, -0.2) is 97.8 Å². The van der Waals surface area contributed by atoms with E-state index in [1.165, 1.54) is 23.5 Å². The quantitative estimate of drug-likeness (QED) is 0.308. The van der Waals surface area contributed by atoms with E-state index in [1.807, 2.05) is 25.1 Å². The number of morpholine rings is 1. The highest BCUT2D eigenvalue weighted by atomic mass is 32.1. The summed E-state index contributed by atoms with van der Waals surface area (Å²) in [4.78, 5) is 40.9. The first kappa shape index (κ1) is 28.5. The zero-order chi connectivity index (χ0) is 28.8. The molecule has 41 heavy (non-hydrogen) atoms. The van der Waals surface area contributed by atoms with E-state index in [-0.39, 0.29) is 24.2 Å². The molecule has 2 atom stereocenters. The first-order chi connectivity index (χ1) is 19.9. The van der Waals surface area contributed by atoms with E-state index in [4.69, 9.17) is 4.74 Å². The molecule has 5 rings (SSSR count). The Morgan fingerprint density at radius 1 is 1.32 bits per heavy atom. The zero-order valence-electron chi connectivity index (χ0n) is 23.0. The lowest BCUT2D eigenvalue weighted by molar-refractivity contribution is -0.145. The third kappa shape index (κ3) is 7.01. The van der Waals surface area contributed by atoms with Crippen LogP contribution in [0.2, 0.25) is 0 Å². The van der Waals surface area contributed by atoms with Crippen molar-refractivity contribution >= 4 is 45.5 Å². The van der Waals surface area contributed by atoms with Gasteiger partial charge in [-0.25, -0.2) is 14.4 Å². The highest BCUT2D eigenvalue weighted by Crippen LogP contribution is 2.35. The molecule has 2 aromatic rings. The maximum absolute atomic E-state index is 14.2. The highest BCUT2D eigenvalue weighted by molar-refractivity contribution is 7.15. The predicted molar refractivity (Wildman–Crippen MR) is 157 cm³/mol. The average molecular weight is 584 g/mol. The summed E-state index contributed by atoms with van der Waals surface area (Å²) < 4.78 is 19.7. The second kappa shape index (κ2) is 13.1. The number of fused-ring (bicyclic) bond motifs is 1. The van der Waals surface area contributed by atoms with Crippen LogP contribution in [0, 0.1) is 0 Å². The first-order valence-electron chi connectivity index (χ1n) is 13.4. The van der Waals surface area contributed by atoms with E-state index in [2.05, 4.69) is 36.1 Å². The molecule has 1 fully saturated rings. The van der Waals surface area contributed by atoms with E-state index in [1.54, 1.807) is 35.6 Å². The molecular formula is C27H34FN9O3S. The minimum atomic E-state index is -0.670. The number of rotatable bonds is 10. The van der Waals surface area contributed by atoms with Crippen molar-refractivity contribution in [2.75, 3.05) is 75.7 Å². The molecule has 14 heteroatoms. The van der Waals surface area contributed by atoms with Crippen LogP contribution in [0.15, 0.2) is 54.8 Å². The van der Waals surface area contributed by atoms with Gasteiger partial charge in [0.2, 0.25) is 11.8 Å². The van der Waals surface area contributed by atoms with Crippen LogP contribution in [0.1, 0.15) is 10.9 Å². The number of thiazole rings is 1. The van der Waals surface area contributed by atoms with E-state index in [0.29, 0.717) is 50.4 Å². The van der Waals surface area contributed by atoms with Crippen LogP contribution < -0.4 is 26.2 Å². The number of halogens is 1. The van der Waals surface area contributed by atoms with Crippen molar-refractivity contribution in [3.8, 4) is 0 Å². The van der Waals surface area contributed by atoms with Crippen molar-refractivity contribution in [1.29, 1.82) is 0 Å². The van der Waals surface area contributed by atoms with Crippen LogP contribution in [-0.2, 0) is 14.3 Å². The largest absolute Gasteiger partial charge is 0.377 e. The molecule has 0 radical (unpaired) electrons. The Labute approximate surface area is 241 Å². The molecule has 5 heterocycles. The third-order valence-corrected chi connectivity index (χ3v) is 7.72. The summed E-state index contributed by atoms with van der Waals surface area (Å²) in [5.41, 5.74) is 1.82. The van der Waals surface area contributed by atoms with Gasteiger partial charge in [-0.15, -0.1) is 0 Å². The summed E-state index contributed by atoms with van der Waals surface area (Å²) >= 11 is 1.35. The van der Waals surface area contributed by atoms with Crippen molar-refractivity contribution in [3.05, 3.63) is 59.7 Å². The molecule has 0 spiro atoms. The summed E-state index contributed by atoms with van der Waals surface area (Å²) in [6, 6.07) is 0.701. The molecule has 1 saturated heterocycles. The molecule has 0 saturated carbocycles. The number of hydrogen-bond donors (Lipinski definition) is 4. The summed E-state index contributed by atoms with van der Waals surface area (Å²) in [6.45, 7) is 3.09. The number of carbonyl (C=O) groups excluding carboxylic acids is 2. The van der Waals surface area contributed by atoms with Crippen molar-refractivity contribution in [3.63, 3.8) is 0 Å². The van der Waals surface area contributed by atoms with Crippen LogP contribution in [0.3, 0.4) is 0 Å². The second-order valence-electron chi connectivity index (χ2n) is 9.97. The molecule has 12 nitrogen and oxygen atoms in total. The van der Waals surface area contributed by atoms with Gasteiger partial charge in [-0.3, -0.25) is 9.59 Å². The van der Waals surface area contributed by atoms with E-state index in [0.717, 1.165) is 16.3 Å². The fraction of sp³-hybridized carbons (Fsp3) is 0.407. The Morgan fingerprint density at radius 2 is 2.20 bits per heavy atom. The molecule has 3 aliphatic heterocycles. The van der Waals surface area contributed by atoms with E-state index in [9.17, 15) is 14.0 Å². The van der Waals surface area contributed by atoms with Gasteiger partial charge in [0.05, 0.1) is 42.3 Å².